The Morgan fingerprint density at radius 2 is 1.86 bits per heavy atom. The van der Waals surface area contributed by atoms with E-state index < -0.39 is 0 Å². The first kappa shape index (κ1) is 14.0. The lowest BCUT2D eigenvalue weighted by Crippen LogP contribution is -2.30. The molecule has 1 unspecified atom stereocenters. The second kappa shape index (κ2) is 5.78. The fourth-order valence-corrected chi connectivity index (χ4v) is 2.93. The van der Waals surface area contributed by atoms with E-state index in [1.54, 1.807) is 7.11 Å². The van der Waals surface area contributed by atoms with Crippen molar-refractivity contribution in [3.8, 4) is 5.75 Å². The van der Waals surface area contributed by atoms with E-state index in [0.29, 0.717) is 0 Å². The predicted molar refractivity (Wildman–Crippen MR) is 87.3 cm³/mol. The van der Waals surface area contributed by atoms with Gasteiger partial charge in [-0.15, -0.1) is 0 Å². The van der Waals surface area contributed by atoms with Gasteiger partial charge in [-0.1, -0.05) is 18.2 Å². The van der Waals surface area contributed by atoms with Crippen LogP contribution in [0.15, 0.2) is 42.5 Å². The molecule has 1 aliphatic rings. The lowest BCUT2D eigenvalue weighted by atomic mass is 9.89. The average Bonchev–Trinajstić information content (AvgIpc) is 2.53. The van der Waals surface area contributed by atoms with Gasteiger partial charge in [0, 0.05) is 26.3 Å². The molecule has 3 heteroatoms. The van der Waals surface area contributed by atoms with E-state index in [1.807, 2.05) is 6.07 Å². The number of nitrogens with zero attached hydrogens (tertiary/aromatic N) is 1. The van der Waals surface area contributed by atoms with Crippen LogP contribution in [-0.2, 0) is 6.42 Å². The van der Waals surface area contributed by atoms with Crippen molar-refractivity contribution in [3.05, 3.63) is 59.2 Å². The standard InChI is InChI=1S/C18H22N2O/c1-20(2)15-6-4-13(5-7-15)18-17-9-8-16(21-3)12-14(17)10-11-19-18/h4-9,12,18-19H,10-11H2,1-3H3. The summed E-state index contributed by atoms with van der Waals surface area (Å²) in [4.78, 5) is 2.12. The van der Waals surface area contributed by atoms with Gasteiger partial charge < -0.3 is 15.0 Å². The summed E-state index contributed by atoms with van der Waals surface area (Å²) in [6.45, 7) is 1.00. The van der Waals surface area contributed by atoms with Gasteiger partial charge in [0.05, 0.1) is 13.2 Å². The van der Waals surface area contributed by atoms with Gasteiger partial charge in [0.1, 0.15) is 5.75 Å². The normalized spacial score (nSPS) is 17.2. The third-order valence-corrected chi connectivity index (χ3v) is 4.15. The van der Waals surface area contributed by atoms with Crippen molar-refractivity contribution < 1.29 is 4.74 Å². The molecule has 0 spiro atoms. The first-order valence-electron chi connectivity index (χ1n) is 7.36. The predicted octanol–water partition coefficient (Wildman–Crippen LogP) is 3.00. The monoisotopic (exact) mass is 282 g/mol. The summed E-state index contributed by atoms with van der Waals surface area (Å²) < 4.78 is 5.34. The number of benzene rings is 2. The van der Waals surface area contributed by atoms with Crippen LogP contribution in [0.2, 0.25) is 0 Å². The molecule has 0 saturated carbocycles. The summed E-state index contributed by atoms with van der Waals surface area (Å²) in [7, 11) is 5.85. The van der Waals surface area contributed by atoms with E-state index in [-0.39, 0.29) is 6.04 Å². The fourth-order valence-electron chi connectivity index (χ4n) is 2.93. The number of nitrogens with one attached hydrogen (secondary N) is 1. The molecule has 0 aliphatic carbocycles. The maximum absolute atomic E-state index is 5.34. The average molecular weight is 282 g/mol. The Hall–Kier alpha value is -2.00. The quantitative estimate of drug-likeness (QED) is 0.936. The molecule has 1 N–H and O–H groups in total. The molecule has 0 radical (unpaired) electrons. The van der Waals surface area contributed by atoms with Crippen molar-refractivity contribution in [2.45, 2.75) is 12.5 Å². The molecule has 0 saturated heterocycles. The van der Waals surface area contributed by atoms with Crippen molar-refractivity contribution in [2.24, 2.45) is 0 Å². The van der Waals surface area contributed by atoms with E-state index in [2.05, 4.69) is 60.7 Å². The highest BCUT2D eigenvalue weighted by Crippen LogP contribution is 2.31. The van der Waals surface area contributed by atoms with Crippen LogP contribution in [0, 0.1) is 0 Å². The molecule has 3 nitrogen and oxygen atoms in total. The second-order valence-corrected chi connectivity index (χ2v) is 5.69. The number of methoxy groups -OCH3 is 1. The number of fused-ring (bicyclic) bond motifs is 1. The number of ether oxygens (including phenoxy) is 1. The SMILES string of the molecule is COc1ccc2c(c1)CCNC2c1ccc(N(C)C)cc1. The van der Waals surface area contributed by atoms with Crippen molar-refractivity contribution >= 4 is 5.69 Å². The summed E-state index contributed by atoms with van der Waals surface area (Å²) >= 11 is 0. The molecule has 21 heavy (non-hydrogen) atoms. The minimum atomic E-state index is 0.274. The highest BCUT2D eigenvalue weighted by atomic mass is 16.5. The molecular formula is C18H22N2O. The number of hydrogen-bond acceptors (Lipinski definition) is 3. The molecule has 1 aliphatic heterocycles. The summed E-state index contributed by atoms with van der Waals surface area (Å²) in [5.74, 6) is 0.942. The lowest BCUT2D eigenvalue weighted by Gasteiger charge is -2.28. The molecule has 110 valence electrons. The Kier molecular flexibility index (Phi) is 3.84. The van der Waals surface area contributed by atoms with Gasteiger partial charge in [-0.3, -0.25) is 0 Å². The minimum Gasteiger partial charge on any atom is -0.497 e. The number of rotatable bonds is 3. The Morgan fingerprint density at radius 3 is 2.52 bits per heavy atom. The van der Waals surface area contributed by atoms with E-state index >= 15 is 0 Å². The zero-order chi connectivity index (χ0) is 14.8. The Bertz CT molecular complexity index is 620. The zero-order valence-electron chi connectivity index (χ0n) is 12.9. The summed E-state index contributed by atoms with van der Waals surface area (Å²) in [6, 6.07) is 15.5. The molecule has 1 atom stereocenters. The first-order chi connectivity index (χ1) is 10.2. The van der Waals surface area contributed by atoms with Crippen molar-refractivity contribution in [1.29, 1.82) is 0 Å². The van der Waals surface area contributed by atoms with Crippen LogP contribution >= 0.6 is 0 Å². The maximum Gasteiger partial charge on any atom is 0.119 e. The minimum absolute atomic E-state index is 0.274. The molecule has 3 rings (SSSR count). The third-order valence-electron chi connectivity index (χ3n) is 4.15. The molecule has 1 heterocycles. The van der Waals surface area contributed by atoms with E-state index in [0.717, 1.165) is 18.7 Å². The Labute approximate surface area is 126 Å². The molecule has 0 aromatic heterocycles. The fraction of sp³-hybridized carbons (Fsp3) is 0.333. The molecule has 2 aromatic rings. The highest BCUT2D eigenvalue weighted by Gasteiger charge is 2.21. The van der Waals surface area contributed by atoms with Gasteiger partial charge >= 0.3 is 0 Å². The van der Waals surface area contributed by atoms with Crippen molar-refractivity contribution in [1.82, 2.24) is 5.32 Å². The molecular weight excluding hydrogens is 260 g/mol. The summed E-state index contributed by atoms with van der Waals surface area (Å²) in [5.41, 5.74) is 5.28. The van der Waals surface area contributed by atoms with Gasteiger partial charge in [-0.05, 0) is 47.4 Å². The van der Waals surface area contributed by atoms with Gasteiger partial charge in [-0.25, -0.2) is 0 Å². The van der Waals surface area contributed by atoms with Crippen molar-refractivity contribution in [2.75, 3.05) is 32.6 Å². The highest BCUT2D eigenvalue weighted by molar-refractivity contribution is 5.49. The summed E-state index contributed by atoms with van der Waals surface area (Å²) in [5, 5.41) is 3.62. The van der Waals surface area contributed by atoms with Crippen molar-refractivity contribution in [3.63, 3.8) is 0 Å². The number of anilines is 1. The Balaban J connectivity index is 1.94. The molecule has 0 fully saturated rings. The summed E-state index contributed by atoms with van der Waals surface area (Å²) in [6.07, 6.45) is 1.05. The topological polar surface area (TPSA) is 24.5 Å². The van der Waals surface area contributed by atoms with E-state index in [1.165, 1.54) is 22.4 Å². The maximum atomic E-state index is 5.34. The Morgan fingerprint density at radius 1 is 1.10 bits per heavy atom. The van der Waals surface area contributed by atoms with Gasteiger partial charge in [0.25, 0.3) is 0 Å². The smallest absolute Gasteiger partial charge is 0.119 e. The molecule has 2 aromatic carbocycles. The van der Waals surface area contributed by atoms with Crippen LogP contribution in [0.5, 0.6) is 5.75 Å². The van der Waals surface area contributed by atoms with Crippen LogP contribution in [0.3, 0.4) is 0 Å². The lowest BCUT2D eigenvalue weighted by molar-refractivity contribution is 0.413. The largest absolute Gasteiger partial charge is 0.497 e. The van der Waals surface area contributed by atoms with E-state index in [4.69, 9.17) is 4.74 Å². The van der Waals surface area contributed by atoms with Crippen LogP contribution in [0.1, 0.15) is 22.7 Å². The first-order valence-corrected chi connectivity index (χ1v) is 7.36. The third kappa shape index (κ3) is 2.74. The van der Waals surface area contributed by atoms with Crippen LogP contribution < -0.4 is 15.0 Å². The van der Waals surface area contributed by atoms with Crippen LogP contribution in [-0.4, -0.2) is 27.7 Å². The van der Waals surface area contributed by atoms with Gasteiger partial charge in [-0.2, -0.15) is 0 Å². The number of hydrogen-bond donors (Lipinski definition) is 1. The molecule has 0 bridgehead atoms. The van der Waals surface area contributed by atoms with Crippen LogP contribution in [0.25, 0.3) is 0 Å². The van der Waals surface area contributed by atoms with Crippen LogP contribution in [0.4, 0.5) is 5.69 Å². The van der Waals surface area contributed by atoms with Gasteiger partial charge in [0.15, 0.2) is 0 Å². The van der Waals surface area contributed by atoms with E-state index in [9.17, 15) is 0 Å². The second-order valence-electron chi connectivity index (χ2n) is 5.69. The van der Waals surface area contributed by atoms with Gasteiger partial charge in [0.2, 0.25) is 0 Å². The molecule has 0 amide bonds. The zero-order valence-corrected chi connectivity index (χ0v) is 12.9.